The molecule has 0 saturated carbocycles. The Morgan fingerprint density at radius 3 is 2.31 bits per heavy atom. The van der Waals surface area contributed by atoms with E-state index >= 15 is 0 Å². The van der Waals surface area contributed by atoms with Crippen molar-refractivity contribution in [1.29, 1.82) is 0 Å². The van der Waals surface area contributed by atoms with Crippen LogP contribution in [0.25, 0.3) is 0 Å². The molecule has 3 rings (SSSR count). The number of anilines is 1. The molecule has 0 heterocycles. The molecule has 5 nitrogen and oxygen atoms in total. The van der Waals surface area contributed by atoms with E-state index in [0.29, 0.717) is 5.56 Å². The molecule has 130 valence electrons. The number of nitrogens with one attached hydrogen (secondary N) is 1. The number of benzene rings is 3. The van der Waals surface area contributed by atoms with Gasteiger partial charge in [0, 0.05) is 11.6 Å². The van der Waals surface area contributed by atoms with Crippen LogP contribution in [0.15, 0.2) is 72.8 Å². The van der Waals surface area contributed by atoms with Gasteiger partial charge in [0.15, 0.2) is 11.6 Å². The molecule has 0 aliphatic carbocycles. The number of carboxylic acid groups (broad SMARTS) is 1. The molecule has 1 amide bonds. The summed E-state index contributed by atoms with van der Waals surface area (Å²) < 4.78 is 19.2. The van der Waals surface area contributed by atoms with Crippen LogP contribution in [0.5, 0.6) is 11.5 Å². The molecule has 26 heavy (non-hydrogen) atoms. The number of hydrogen-bond donors (Lipinski definition) is 2. The molecule has 0 aromatic heterocycles. The van der Waals surface area contributed by atoms with Gasteiger partial charge in [0.1, 0.15) is 5.75 Å². The van der Waals surface area contributed by atoms with Gasteiger partial charge < -0.3 is 15.2 Å². The maximum atomic E-state index is 13.7. The molecule has 3 aromatic carbocycles. The first-order valence-corrected chi connectivity index (χ1v) is 7.71. The predicted octanol–water partition coefficient (Wildman–Crippen LogP) is 4.57. The number of halogens is 1. The van der Waals surface area contributed by atoms with Crippen molar-refractivity contribution in [3.8, 4) is 11.5 Å². The Bertz CT molecular complexity index is 957. The Labute approximate surface area is 148 Å². The van der Waals surface area contributed by atoms with Gasteiger partial charge in [-0.2, -0.15) is 0 Å². The normalized spacial score (nSPS) is 10.2. The minimum atomic E-state index is -1.20. The Morgan fingerprint density at radius 2 is 1.62 bits per heavy atom. The van der Waals surface area contributed by atoms with E-state index in [4.69, 9.17) is 4.74 Å². The Kier molecular flexibility index (Phi) is 4.94. The molecule has 0 atom stereocenters. The third-order valence-corrected chi connectivity index (χ3v) is 3.57. The summed E-state index contributed by atoms with van der Waals surface area (Å²) in [5.74, 6) is -2.02. The van der Waals surface area contributed by atoms with Gasteiger partial charge in [0.2, 0.25) is 0 Å². The molecule has 0 radical (unpaired) electrons. The van der Waals surface area contributed by atoms with E-state index in [0.717, 1.165) is 0 Å². The topological polar surface area (TPSA) is 75.6 Å². The molecule has 0 unspecified atom stereocenters. The fourth-order valence-electron chi connectivity index (χ4n) is 2.32. The van der Waals surface area contributed by atoms with E-state index in [1.54, 1.807) is 36.4 Å². The second-order valence-corrected chi connectivity index (χ2v) is 5.37. The summed E-state index contributed by atoms with van der Waals surface area (Å²) in [5.41, 5.74) is 0.333. The van der Waals surface area contributed by atoms with E-state index in [2.05, 4.69) is 5.32 Å². The third kappa shape index (κ3) is 3.87. The van der Waals surface area contributed by atoms with E-state index in [1.165, 1.54) is 36.4 Å². The molecule has 0 spiro atoms. The highest BCUT2D eigenvalue weighted by molar-refractivity contribution is 6.07. The molecule has 0 aliphatic rings. The fraction of sp³-hybridized carbons (Fsp3) is 0. The number of para-hydroxylation sites is 1. The highest BCUT2D eigenvalue weighted by atomic mass is 19.1. The van der Waals surface area contributed by atoms with Gasteiger partial charge in [0.05, 0.1) is 11.3 Å². The second kappa shape index (κ2) is 7.48. The number of carbonyl (C=O) groups is 2. The molecular formula is C20H14FNO4. The van der Waals surface area contributed by atoms with Crippen LogP contribution in [-0.2, 0) is 0 Å². The quantitative estimate of drug-likeness (QED) is 0.706. The maximum absolute atomic E-state index is 13.7. The standard InChI is InChI=1S/C20H14FNO4/c21-16-8-4-5-9-18(16)26-14-10-11-15(20(24)25)17(12-14)22-19(23)13-6-2-1-3-7-13/h1-12H,(H,22,23)(H,24,25). The Morgan fingerprint density at radius 1 is 0.923 bits per heavy atom. The van der Waals surface area contributed by atoms with Crippen molar-refractivity contribution >= 4 is 17.6 Å². The minimum Gasteiger partial charge on any atom is -0.478 e. The van der Waals surface area contributed by atoms with Crippen LogP contribution in [-0.4, -0.2) is 17.0 Å². The van der Waals surface area contributed by atoms with Crippen molar-refractivity contribution < 1.29 is 23.8 Å². The summed E-state index contributed by atoms with van der Waals surface area (Å²) in [6.45, 7) is 0. The average Bonchev–Trinajstić information content (AvgIpc) is 2.64. The van der Waals surface area contributed by atoms with Gasteiger partial charge in [0.25, 0.3) is 5.91 Å². The van der Waals surface area contributed by atoms with E-state index in [-0.39, 0.29) is 22.7 Å². The molecule has 6 heteroatoms. The van der Waals surface area contributed by atoms with Crippen molar-refractivity contribution in [2.45, 2.75) is 0 Å². The van der Waals surface area contributed by atoms with Gasteiger partial charge in [-0.3, -0.25) is 4.79 Å². The lowest BCUT2D eigenvalue weighted by Crippen LogP contribution is -2.14. The SMILES string of the molecule is O=C(Nc1cc(Oc2ccccc2F)ccc1C(=O)O)c1ccccc1. The third-order valence-electron chi connectivity index (χ3n) is 3.57. The molecular weight excluding hydrogens is 337 g/mol. The van der Waals surface area contributed by atoms with Gasteiger partial charge in [-0.15, -0.1) is 0 Å². The zero-order chi connectivity index (χ0) is 18.5. The number of hydrogen-bond acceptors (Lipinski definition) is 3. The first-order chi connectivity index (χ1) is 12.5. The van der Waals surface area contributed by atoms with Crippen LogP contribution in [0.3, 0.4) is 0 Å². The van der Waals surface area contributed by atoms with Crippen LogP contribution >= 0.6 is 0 Å². The van der Waals surface area contributed by atoms with Crippen molar-refractivity contribution in [3.05, 3.63) is 89.7 Å². The Balaban J connectivity index is 1.91. The minimum absolute atomic E-state index is 0.00379. The van der Waals surface area contributed by atoms with E-state index in [1.807, 2.05) is 0 Å². The monoisotopic (exact) mass is 351 g/mol. The second-order valence-electron chi connectivity index (χ2n) is 5.37. The maximum Gasteiger partial charge on any atom is 0.337 e. The summed E-state index contributed by atoms with van der Waals surface area (Å²) in [6, 6.07) is 18.2. The number of ether oxygens (including phenoxy) is 1. The van der Waals surface area contributed by atoms with E-state index in [9.17, 15) is 19.1 Å². The van der Waals surface area contributed by atoms with Crippen molar-refractivity contribution in [2.24, 2.45) is 0 Å². The fourth-order valence-corrected chi connectivity index (χ4v) is 2.32. The van der Waals surface area contributed by atoms with Crippen LogP contribution in [0, 0.1) is 5.82 Å². The van der Waals surface area contributed by atoms with Gasteiger partial charge >= 0.3 is 5.97 Å². The first kappa shape index (κ1) is 17.2. The largest absolute Gasteiger partial charge is 0.478 e. The summed E-state index contributed by atoms with van der Waals surface area (Å²) in [7, 11) is 0. The molecule has 0 fully saturated rings. The number of amides is 1. The zero-order valence-corrected chi connectivity index (χ0v) is 13.5. The number of carboxylic acids is 1. The molecule has 3 aromatic rings. The number of rotatable bonds is 5. The smallest absolute Gasteiger partial charge is 0.337 e. The number of aromatic carboxylic acids is 1. The predicted molar refractivity (Wildman–Crippen MR) is 94.3 cm³/mol. The zero-order valence-electron chi connectivity index (χ0n) is 13.5. The Hall–Kier alpha value is -3.67. The van der Waals surface area contributed by atoms with Crippen molar-refractivity contribution in [2.75, 3.05) is 5.32 Å². The van der Waals surface area contributed by atoms with Gasteiger partial charge in [-0.1, -0.05) is 30.3 Å². The average molecular weight is 351 g/mol. The number of carbonyl (C=O) groups excluding carboxylic acids is 1. The summed E-state index contributed by atoms with van der Waals surface area (Å²) in [5, 5.41) is 11.9. The summed E-state index contributed by atoms with van der Waals surface area (Å²) in [6.07, 6.45) is 0. The van der Waals surface area contributed by atoms with Crippen LogP contribution < -0.4 is 10.1 Å². The van der Waals surface area contributed by atoms with Crippen LogP contribution in [0.1, 0.15) is 20.7 Å². The first-order valence-electron chi connectivity index (χ1n) is 7.71. The highest BCUT2D eigenvalue weighted by Crippen LogP contribution is 2.29. The van der Waals surface area contributed by atoms with Gasteiger partial charge in [-0.05, 0) is 36.4 Å². The van der Waals surface area contributed by atoms with Crippen molar-refractivity contribution in [1.82, 2.24) is 0 Å². The summed E-state index contributed by atoms with van der Waals surface area (Å²) in [4.78, 5) is 23.7. The highest BCUT2D eigenvalue weighted by Gasteiger charge is 2.15. The lowest BCUT2D eigenvalue weighted by atomic mass is 10.1. The molecule has 2 N–H and O–H groups in total. The van der Waals surface area contributed by atoms with E-state index < -0.39 is 17.7 Å². The molecule has 0 aliphatic heterocycles. The summed E-state index contributed by atoms with van der Waals surface area (Å²) >= 11 is 0. The molecule has 0 bridgehead atoms. The molecule has 0 saturated heterocycles. The lowest BCUT2D eigenvalue weighted by molar-refractivity contribution is 0.0698. The van der Waals surface area contributed by atoms with Crippen LogP contribution in [0.2, 0.25) is 0 Å². The lowest BCUT2D eigenvalue weighted by Gasteiger charge is -2.12. The van der Waals surface area contributed by atoms with Crippen LogP contribution in [0.4, 0.5) is 10.1 Å². The van der Waals surface area contributed by atoms with Gasteiger partial charge in [-0.25, -0.2) is 9.18 Å². The van der Waals surface area contributed by atoms with Crippen molar-refractivity contribution in [3.63, 3.8) is 0 Å².